The Morgan fingerprint density at radius 1 is 0.386 bits per heavy atom. The summed E-state index contributed by atoms with van der Waals surface area (Å²) in [6.07, 6.45) is 7.43. The molecule has 0 fully saturated rings. The summed E-state index contributed by atoms with van der Waals surface area (Å²) in [5.41, 5.74) is 0. The molecule has 264 valence electrons. The zero-order valence-corrected chi connectivity index (χ0v) is 28.0. The maximum Gasteiger partial charge on any atom is 0.305 e. The molecule has 0 rings (SSSR count). The highest BCUT2D eigenvalue weighted by atomic mass is 35.5. The van der Waals surface area contributed by atoms with Crippen LogP contribution in [0.25, 0.3) is 0 Å². The van der Waals surface area contributed by atoms with E-state index >= 15 is 0 Å². The minimum absolute atomic E-state index is 0.143. The van der Waals surface area contributed by atoms with Gasteiger partial charge in [-0.15, -0.1) is 11.6 Å². The van der Waals surface area contributed by atoms with Gasteiger partial charge in [-0.2, -0.15) is 0 Å². The van der Waals surface area contributed by atoms with E-state index in [0.717, 1.165) is 12.8 Å². The van der Waals surface area contributed by atoms with Crippen LogP contribution in [-0.4, -0.2) is 151 Å². The molecule has 0 atom stereocenters. The van der Waals surface area contributed by atoms with Gasteiger partial charge in [-0.25, -0.2) is 0 Å². The standard InChI is InChI=1S/C31H61ClO12/c1-2-3-4-5-6-7-8-31(33)44-30-29-43-28-27-42-26-25-41-24-23-40-22-21-39-20-19-38-18-17-37-16-15-36-14-13-35-12-11-34-10-9-32/h2-30H2,1H3. The van der Waals surface area contributed by atoms with Crippen molar-refractivity contribution in [2.75, 3.05) is 145 Å². The van der Waals surface area contributed by atoms with Crippen LogP contribution < -0.4 is 0 Å². The summed E-state index contributed by atoms with van der Waals surface area (Å²) in [5.74, 6) is 0.353. The van der Waals surface area contributed by atoms with Crippen molar-refractivity contribution in [2.24, 2.45) is 0 Å². The lowest BCUT2D eigenvalue weighted by atomic mass is 10.1. The highest BCUT2D eigenvalue weighted by Gasteiger charge is 2.02. The molecule has 13 heteroatoms. The molecule has 0 bridgehead atoms. The Morgan fingerprint density at radius 3 is 0.977 bits per heavy atom. The third-order valence-corrected chi connectivity index (χ3v) is 5.95. The number of unbranched alkanes of at least 4 members (excludes halogenated alkanes) is 5. The van der Waals surface area contributed by atoms with E-state index in [1.54, 1.807) is 0 Å². The molecule has 0 heterocycles. The molecule has 0 aliphatic rings. The maximum atomic E-state index is 11.7. The molecule has 0 radical (unpaired) electrons. The fourth-order valence-corrected chi connectivity index (χ4v) is 3.58. The summed E-state index contributed by atoms with van der Waals surface area (Å²) in [7, 11) is 0. The summed E-state index contributed by atoms with van der Waals surface area (Å²) >= 11 is 5.51. The van der Waals surface area contributed by atoms with Gasteiger partial charge < -0.3 is 52.1 Å². The first-order valence-corrected chi connectivity index (χ1v) is 16.8. The number of ether oxygens (including phenoxy) is 11. The first-order valence-electron chi connectivity index (χ1n) is 16.3. The molecule has 0 saturated carbocycles. The van der Waals surface area contributed by atoms with Gasteiger partial charge in [0.1, 0.15) is 6.61 Å². The Morgan fingerprint density at radius 2 is 0.659 bits per heavy atom. The Kier molecular flexibility index (Phi) is 39.8. The van der Waals surface area contributed by atoms with Crippen LogP contribution in [0.3, 0.4) is 0 Å². The van der Waals surface area contributed by atoms with Gasteiger partial charge in [0.2, 0.25) is 0 Å². The smallest absolute Gasteiger partial charge is 0.305 e. The van der Waals surface area contributed by atoms with Crippen LogP contribution in [0, 0.1) is 0 Å². The summed E-state index contributed by atoms with van der Waals surface area (Å²) < 4.78 is 59.3. The number of alkyl halides is 1. The lowest BCUT2D eigenvalue weighted by Gasteiger charge is -2.09. The number of halogens is 1. The molecule has 0 aromatic heterocycles. The second-order valence-electron chi connectivity index (χ2n) is 9.55. The number of hydrogen-bond donors (Lipinski definition) is 0. The summed E-state index contributed by atoms with van der Waals surface area (Å²) in [4.78, 5) is 11.7. The average Bonchev–Trinajstić information content (AvgIpc) is 3.03. The predicted molar refractivity (Wildman–Crippen MR) is 168 cm³/mol. The molecule has 44 heavy (non-hydrogen) atoms. The van der Waals surface area contributed by atoms with Crippen molar-refractivity contribution in [2.45, 2.75) is 51.9 Å². The molecule has 0 aromatic carbocycles. The van der Waals surface area contributed by atoms with Crippen LogP contribution in [0.2, 0.25) is 0 Å². The van der Waals surface area contributed by atoms with Gasteiger partial charge in [0.15, 0.2) is 0 Å². The SMILES string of the molecule is CCCCCCCCC(=O)OCCOCCOCCOCCOCCOCCOCCOCCOCCOCCOCCCl. The molecule has 0 amide bonds. The van der Waals surface area contributed by atoms with Crippen molar-refractivity contribution in [1.82, 2.24) is 0 Å². The molecule has 12 nitrogen and oxygen atoms in total. The number of hydrogen-bond acceptors (Lipinski definition) is 12. The van der Waals surface area contributed by atoms with Crippen LogP contribution in [0.1, 0.15) is 51.9 Å². The second-order valence-corrected chi connectivity index (χ2v) is 9.93. The molecule has 0 aliphatic heterocycles. The van der Waals surface area contributed by atoms with Gasteiger partial charge in [0, 0.05) is 12.3 Å². The maximum absolute atomic E-state index is 11.7. The van der Waals surface area contributed by atoms with Crippen LogP contribution in [0.4, 0.5) is 0 Å². The van der Waals surface area contributed by atoms with Crippen molar-refractivity contribution < 1.29 is 56.9 Å². The number of carbonyl (C=O) groups is 1. The van der Waals surface area contributed by atoms with Crippen LogP contribution >= 0.6 is 11.6 Å². The number of esters is 1. The summed E-state index contributed by atoms with van der Waals surface area (Å²) in [6, 6.07) is 0. The third kappa shape index (κ3) is 39.4. The fraction of sp³-hybridized carbons (Fsp3) is 0.968. The number of carbonyl (C=O) groups excluding carboxylic acids is 1. The van der Waals surface area contributed by atoms with Gasteiger partial charge in [0.25, 0.3) is 0 Å². The van der Waals surface area contributed by atoms with Gasteiger partial charge in [0.05, 0.1) is 132 Å². The minimum Gasteiger partial charge on any atom is -0.463 e. The normalized spacial score (nSPS) is 11.4. The molecule has 0 aromatic rings. The Balaban J connectivity index is 3.09. The minimum atomic E-state index is -0.143. The highest BCUT2D eigenvalue weighted by Crippen LogP contribution is 2.07. The Labute approximate surface area is 270 Å². The van der Waals surface area contributed by atoms with Crippen molar-refractivity contribution in [3.63, 3.8) is 0 Å². The monoisotopic (exact) mass is 660 g/mol. The van der Waals surface area contributed by atoms with Gasteiger partial charge in [-0.3, -0.25) is 4.79 Å². The zero-order valence-electron chi connectivity index (χ0n) is 27.3. The molecular weight excluding hydrogens is 600 g/mol. The molecular formula is C31H61ClO12. The Hall–Kier alpha value is -0.640. The van der Waals surface area contributed by atoms with Crippen LogP contribution in [0.5, 0.6) is 0 Å². The van der Waals surface area contributed by atoms with Gasteiger partial charge >= 0.3 is 5.97 Å². The van der Waals surface area contributed by atoms with Crippen molar-refractivity contribution in [1.29, 1.82) is 0 Å². The van der Waals surface area contributed by atoms with E-state index in [-0.39, 0.29) is 12.6 Å². The summed E-state index contributed by atoms with van der Waals surface area (Å²) in [6.45, 7) is 12.5. The molecule has 0 spiro atoms. The second kappa shape index (κ2) is 40.4. The van der Waals surface area contributed by atoms with Gasteiger partial charge in [-0.1, -0.05) is 39.0 Å². The molecule has 0 aliphatic carbocycles. The van der Waals surface area contributed by atoms with E-state index in [1.165, 1.54) is 25.7 Å². The largest absolute Gasteiger partial charge is 0.463 e. The van der Waals surface area contributed by atoms with Gasteiger partial charge in [-0.05, 0) is 6.42 Å². The number of rotatable bonds is 39. The van der Waals surface area contributed by atoms with Crippen molar-refractivity contribution >= 4 is 17.6 Å². The van der Waals surface area contributed by atoms with E-state index in [4.69, 9.17) is 63.7 Å². The molecule has 0 unspecified atom stereocenters. The predicted octanol–water partition coefficient (Wildman–Crippen LogP) is 3.69. The zero-order chi connectivity index (χ0) is 31.9. The first-order chi connectivity index (χ1) is 21.8. The third-order valence-electron chi connectivity index (χ3n) is 5.79. The fourth-order valence-electron chi connectivity index (χ4n) is 3.47. The lowest BCUT2D eigenvalue weighted by molar-refractivity contribution is -0.145. The topological polar surface area (TPSA) is 119 Å². The average molecular weight is 661 g/mol. The van der Waals surface area contributed by atoms with E-state index in [2.05, 4.69) is 6.92 Å². The highest BCUT2D eigenvalue weighted by molar-refractivity contribution is 6.17. The Bertz CT molecular complexity index is 548. The van der Waals surface area contributed by atoms with E-state index < -0.39 is 0 Å². The van der Waals surface area contributed by atoms with Crippen LogP contribution in [-0.2, 0) is 56.9 Å². The van der Waals surface area contributed by atoms with Crippen molar-refractivity contribution in [3.05, 3.63) is 0 Å². The molecule has 0 N–H and O–H groups in total. The van der Waals surface area contributed by atoms with E-state index in [1.807, 2.05) is 0 Å². The molecule has 0 saturated heterocycles. The van der Waals surface area contributed by atoms with Crippen LogP contribution in [0.15, 0.2) is 0 Å². The summed E-state index contributed by atoms with van der Waals surface area (Å²) in [5, 5.41) is 0. The quantitative estimate of drug-likeness (QED) is 0.0544. The van der Waals surface area contributed by atoms with Crippen molar-refractivity contribution in [3.8, 4) is 0 Å². The van der Waals surface area contributed by atoms with E-state index in [9.17, 15) is 4.79 Å². The lowest BCUT2D eigenvalue weighted by Crippen LogP contribution is -2.15. The first kappa shape index (κ1) is 43.4. The van der Waals surface area contributed by atoms with E-state index in [0.29, 0.717) is 144 Å².